The summed E-state index contributed by atoms with van der Waals surface area (Å²) in [5.41, 5.74) is 1.51. The van der Waals surface area contributed by atoms with E-state index in [9.17, 15) is 4.39 Å². The average molecular weight is 258 g/mol. The van der Waals surface area contributed by atoms with Crippen molar-refractivity contribution >= 4 is 23.1 Å². The third kappa shape index (κ3) is 2.82. The smallest absolute Gasteiger partial charge is 0.147 e. The molecule has 0 atom stereocenters. The van der Waals surface area contributed by atoms with Gasteiger partial charge in [0.05, 0.1) is 17.3 Å². The maximum Gasteiger partial charge on any atom is 0.147 e. The van der Waals surface area contributed by atoms with Gasteiger partial charge in [-0.3, -0.25) is 0 Å². The first kappa shape index (κ1) is 12.5. The quantitative estimate of drug-likeness (QED) is 0.839. The first-order valence-electron chi connectivity index (χ1n) is 5.33. The van der Waals surface area contributed by atoms with Gasteiger partial charge in [-0.15, -0.1) is 11.8 Å². The molecule has 1 N–H and O–H groups in total. The van der Waals surface area contributed by atoms with E-state index in [-0.39, 0.29) is 0 Å². The standard InChI is InChI=1S/C14H11FN2S/c1-18-12-4-2-3-11(8-12)17-14-6-5-10(9-16)7-13(14)15/h2-8,17H,1H3. The van der Waals surface area contributed by atoms with Crippen LogP contribution in [0.3, 0.4) is 0 Å². The average Bonchev–Trinajstić information content (AvgIpc) is 2.41. The Morgan fingerprint density at radius 2 is 2.06 bits per heavy atom. The van der Waals surface area contributed by atoms with Crippen molar-refractivity contribution in [3.8, 4) is 6.07 Å². The van der Waals surface area contributed by atoms with Gasteiger partial charge in [0.15, 0.2) is 0 Å². The Labute approximate surface area is 109 Å². The second kappa shape index (κ2) is 5.56. The summed E-state index contributed by atoms with van der Waals surface area (Å²) in [5, 5.41) is 11.7. The number of nitrogens with zero attached hydrogens (tertiary/aromatic N) is 1. The van der Waals surface area contributed by atoms with E-state index in [1.807, 2.05) is 36.6 Å². The Morgan fingerprint density at radius 1 is 1.22 bits per heavy atom. The Morgan fingerprint density at radius 3 is 2.72 bits per heavy atom. The van der Waals surface area contributed by atoms with Crippen LogP contribution in [0.15, 0.2) is 47.4 Å². The number of nitrogens with one attached hydrogen (secondary N) is 1. The van der Waals surface area contributed by atoms with Gasteiger partial charge in [-0.2, -0.15) is 5.26 Å². The molecule has 90 valence electrons. The minimum Gasteiger partial charge on any atom is -0.353 e. The highest BCUT2D eigenvalue weighted by atomic mass is 32.2. The molecule has 0 radical (unpaired) electrons. The molecule has 2 rings (SSSR count). The lowest BCUT2D eigenvalue weighted by atomic mass is 10.2. The molecule has 18 heavy (non-hydrogen) atoms. The highest BCUT2D eigenvalue weighted by molar-refractivity contribution is 7.98. The van der Waals surface area contributed by atoms with E-state index in [0.717, 1.165) is 10.6 Å². The minimum atomic E-state index is -0.427. The van der Waals surface area contributed by atoms with E-state index in [2.05, 4.69) is 5.32 Å². The van der Waals surface area contributed by atoms with Crippen LogP contribution in [0.4, 0.5) is 15.8 Å². The zero-order valence-electron chi connectivity index (χ0n) is 9.77. The van der Waals surface area contributed by atoms with Crippen molar-refractivity contribution in [3.63, 3.8) is 0 Å². The van der Waals surface area contributed by atoms with Crippen LogP contribution in [0.5, 0.6) is 0 Å². The molecule has 0 bridgehead atoms. The Balaban J connectivity index is 2.26. The predicted octanol–water partition coefficient (Wildman–Crippen LogP) is 4.16. The summed E-state index contributed by atoms with van der Waals surface area (Å²) < 4.78 is 13.7. The molecule has 0 aliphatic carbocycles. The van der Waals surface area contributed by atoms with E-state index in [1.54, 1.807) is 23.9 Å². The fraction of sp³-hybridized carbons (Fsp3) is 0.0714. The van der Waals surface area contributed by atoms with Gasteiger partial charge in [0.25, 0.3) is 0 Å². The van der Waals surface area contributed by atoms with Crippen LogP contribution < -0.4 is 5.32 Å². The summed E-state index contributed by atoms with van der Waals surface area (Å²) in [4.78, 5) is 1.11. The summed E-state index contributed by atoms with van der Waals surface area (Å²) in [6.07, 6.45) is 1.99. The molecule has 0 aromatic heterocycles. The SMILES string of the molecule is CSc1cccc(Nc2ccc(C#N)cc2F)c1. The maximum absolute atomic E-state index is 13.7. The lowest BCUT2D eigenvalue weighted by molar-refractivity contribution is 0.631. The molecule has 0 unspecified atom stereocenters. The van der Waals surface area contributed by atoms with E-state index in [4.69, 9.17) is 5.26 Å². The molecule has 0 amide bonds. The Kier molecular flexibility index (Phi) is 3.85. The lowest BCUT2D eigenvalue weighted by Gasteiger charge is -2.08. The molecule has 0 fully saturated rings. The maximum atomic E-state index is 13.7. The van der Waals surface area contributed by atoms with Crippen LogP contribution in [0.2, 0.25) is 0 Å². The topological polar surface area (TPSA) is 35.8 Å². The van der Waals surface area contributed by atoms with Crippen molar-refractivity contribution in [2.24, 2.45) is 0 Å². The summed E-state index contributed by atoms with van der Waals surface area (Å²) in [6.45, 7) is 0. The number of hydrogen-bond donors (Lipinski definition) is 1. The lowest BCUT2D eigenvalue weighted by Crippen LogP contribution is -1.94. The van der Waals surface area contributed by atoms with Crippen LogP contribution in [-0.2, 0) is 0 Å². The van der Waals surface area contributed by atoms with Gasteiger partial charge in [0, 0.05) is 10.6 Å². The molecule has 0 spiro atoms. The number of thioether (sulfide) groups is 1. The van der Waals surface area contributed by atoms with Crippen LogP contribution in [0, 0.1) is 17.1 Å². The normalized spacial score (nSPS) is 9.83. The molecule has 2 nitrogen and oxygen atoms in total. The number of hydrogen-bond acceptors (Lipinski definition) is 3. The van der Waals surface area contributed by atoms with Gasteiger partial charge in [-0.1, -0.05) is 6.07 Å². The first-order valence-corrected chi connectivity index (χ1v) is 6.56. The number of nitriles is 1. The van der Waals surface area contributed by atoms with Crippen molar-refractivity contribution < 1.29 is 4.39 Å². The van der Waals surface area contributed by atoms with Crippen LogP contribution in [-0.4, -0.2) is 6.26 Å². The molecule has 0 saturated heterocycles. The zero-order valence-corrected chi connectivity index (χ0v) is 10.6. The molecule has 0 aliphatic heterocycles. The molecular formula is C14H11FN2S. The fourth-order valence-electron chi connectivity index (χ4n) is 1.54. The predicted molar refractivity (Wildman–Crippen MR) is 72.6 cm³/mol. The Hall–Kier alpha value is -1.99. The number of benzene rings is 2. The van der Waals surface area contributed by atoms with Crippen molar-refractivity contribution in [1.29, 1.82) is 5.26 Å². The molecule has 0 aliphatic rings. The van der Waals surface area contributed by atoms with E-state index < -0.39 is 5.82 Å². The second-order valence-corrected chi connectivity index (χ2v) is 4.54. The number of rotatable bonds is 3. The molecule has 0 saturated carbocycles. The first-order chi connectivity index (χ1) is 8.72. The van der Waals surface area contributed by atoms with Gasteiger partial charge >= 0.3 is 0 Å². The van der Waals surface area contributed by atoms with Crippen molar-refractivity contribution in [1.82, 2.24) is 0 Å². The van der Waals surface area contributed by atoms with Crippen molar-refractivity contribution in [2.45, 2.75) is 4.90 Å². The van der Waals surface area contributed by atoms with E-state index >= 15 is 0 Å². The van der Waals surface area contributed by atoms with Crippen molar-refractivity contribution in [3.05, 3.63) is 53.8 Å². The van der Waals surface area contributed by atoms with Gasteiger partial charge in [0.1, 0.15) is 5.82 Å². The molecule has 2 aromatic carbocycles. The summed E-state index contributed by atoms with van der Waals surface area (Å²) >= 11 is 1.63. The molecule has 2 aromatic rings. The summed E-state index contributed by atoms with van der Waals surface area (Å²) in [5.74, 6) is -0.427. The number of halogens is 1. The largest absolute Gasteiger partial charge is 0.353 e. The molecule has 0 heterocycles. The second-order valence-electron chi connectivity index (χ2n) is 3.66. The third-order valence-corrected chi connectivity index (χ3v) is 3.17. The Bertz CT molecular complexity index is 605. The van der Waals surface area contributed by atoms with Gasteiger partial charge in [-0.25, -0.2) is 4.39 Å². The van der Waals surface area contributed by atoms with Gasteiger partial charge in [0.2, 0.25) is 0 Å². The van der Waals surface area contributed by atoms with Crippen LogP contribution >= 0.6 is 11.8 Å². The van der Waals surface area contributed by atoms with Gasteiger partial charge in [-0.05, 0) is 42.7 Å². The minimum absolute atomic E-state index is 0.316. The summed E-state index contributed by atoms with van der Waals surface area (Å²) in [7, 11) is 0. The highest BCUT2D eigenvalue weighted by Gasteiger charge is 2.04. The molecular weight excluding hydrogens is 247 g/mol. The fourth-order valence-corrected chi connectivity index (χ4v) is 2.00. The third-order valence-electron chi connectivity index (χ3n) is 2.45. The van der Waals surface area contributed by atoms with Crippen LogP contribution in [0.25, 0.3) is 0 Å². The molecule has 4 heteroatoms. The number of anilines is 2. The van der Waals surface area contributed by atoms with Crippen molar-refractivity contribution in [2.75, 3.05) is 11.6 Å². The highest BCUT2D eigenvalue weighted by Crippen LogP contribution is 2.24. The monoisotopic (exact) mass is 258 g/mol. The van der Waals surface area contributed by atoms with E-state index in [1.165, 1.54) is 6.07 Å². The van der Waals surface area contributed by atoms with E-state index in [0.29, 0.717) is 11.3 Å². The van der Waals surface area contributed by atoms with Crippen LogP contribution in [0.1, 0.15) is 5.56 Å². The summed E-state index contributed by atoms with van der Waals surface area (Å²) in [6, 6.07) is 14.0. The zero-order chi connectivity index (χ0) is 13.0. The van der Waals surface area contributed by atoms with Gasteiger partial charge < -0.3 is 5.32 Å².